The Morgan fingerprint density at radius 2 is 1.65 bits per heavy atom. The Bertz CT molecular complexity index is 660. The first-order chi connectivity index (χ1) is 10.7. The fourth-order valence-corrected chi connectivity index (χ4v) is 2.84. The Labute approximate surface area is 152 Å². The van der Waals surface area contributed by atoms with E-state index in [4.69, 9.17) is 9.47 Å². The summed E-state index contributed by atoms with van der Waals surface area (Å²) in [5.74, 6) is 2.04. The summed E-state index contributed by atoms with van der Waals surface area (Å²) in [5.41, 5.74) is 1.53. The van der Waals surface area contributed by atoms with Crippen molar-refractivity contribution >= 4 is 40.8 Å². The van der Waals surface area contributed by atoms with E-state index in [1.165, 1.54) is 0 Å². The van der Waals surface area contributed by atoms with Gasteiger partial charge in [-0.05, 0) is 25.7 Å². The van der Waals surface area contributed by atoms with Gasteiger partial charge in [-0.2, -0.15) is 0 Å². The zero-order valence-electron chi connectivity index (χ0n) is 13.4. The van der Waals surface area contributed by atoms with Gasteiger partial charge in [0.2, 0.25) is 0 Å². The Morgan fingerprint density at radius 3 is 2.26 bits per heavy atom. The molecule has 1 aromatic carbocycles. The summed E-state index contributed by atoms with van der Waals surface area (Å²) < 4.78 is 10.6. The van der Waals surface area contributed by atoms with Gasteiger partial charge in [-0.3, -0.25) is 4.98 Å². The van der Waals surface area contributed by atoms with Gasteiger partial charge in [-0.25, -0.2) is 4.98 Å². The number of benzene rings is 1. The average Bonchev–Trinajstić information content (AvgIpc) is 2.55. The minimum Gasteiger partial charge on any atom is -0.493 e. The van der Waals surface area contributed by atoms with Crippen LogP contribution in [0.2, 0.25) is 0 Å². The zero-order chi connectivity index (χ0) is 15.5. The Morgan fingerprint density at radius 1 is 1.04 bits per heavy atom. The van der Waals surface area contributed by atoms with E-state index in [2.05, 4.69) is 15.3 Å². The molecule has 0 spiro atoms. The van der Waals surface area contributed by atoms with Crippen LogP contribution >= 0.6 is 0 Å². The van der Waals surface area contributed by atoms with E-state index in [9.17, 15) is 5.11 Å². The molecule has 1 fully saturated rings. The fraction of sp³-hybridized carbons (Fsp3) is 0.500. The average molecular weight is 422 g/mol. The smallest absolute Gasteiger partial charge is 0.163 e. The minimum absolute atomic E-state index is 0. The van der Waals surface area contributed by atoms with Gasteiger partial charge in [0.25, 0.3) is 0 Å². The summed E-state index contributed by atoms with van der Waals surface area (Å²) in [6.45, 7) is 0. The van der Waals surface area contributed by atoms with Gasteiger partial charge >= 0.3 is 0 Å². The molecule has 3 rings (SSSR count). The van der Waals surface area contributed by atoms with Crippen LogP contribution in [0.4, 0.5) is 5.82 Å². The van der Waals surface area contributed by atoms with E-state index in [0.29, 0.717) is 17.5 Å². The normalized spacial score (nSPS) is 20.7. The van der Waals surface area contributed by atoms with Crippen LogP contribution in [0.15, 0.2) is 18.3 Å². The van der Waals surface area contributed by atoms with Crippen LogP contribution in [0.25, 0.3) is 11.0 Å². The van der Waals surface area contributed by atoms with Crippen LogP contribution in [0, 0.1) is 0 Å². The number of nitrogens with zero attached hydrogens (tertiary/aromatic N) is 2. The molecule has 1 aromatic heterocycles. The van der Waals surface area contributed by atoms with Gasteiger partial charge < -0.3 is 19.9 Å². The summed E-state index contributed by atoms with van der Waals surface area (Å²) in [6, 6.07) is 3.99. The zero-order valence-corrected chi connectivity index (χ0v) is 16.2. The molecule has 7 heteroatoms. The molecule has 0 bridgehead atoms. The summed E-state index contributed by atoms with van der Waals surface area (Å²) in [7, 11) is 3.21. The molecule has 0 atom stereocenters. The van der Waals surface area contributed by atoms with Crippen molar-refractivity contribution in [3.63, 3.8) is 0 Å². The number of aromatic nitrogens is 2. The number of aliphatic hydroxyl groups excluding tert-OH is 1. The number of nitrogens with one attached hydrogen (secondary N) is 1. The third-order valence-corrected chi connectivity index (χ3v) is 4.10. The van der Waals surface area contributed by atoms with Crippen molar-refractivity contribution in [2.45, 2.75) is 37.8 Å². The molecule has 6 nitrogen and oxygen atoms in total. The van der Waals surface area contributed by atoms with Gasteiger partial charge in [0.05, 0.1) is 37.6 Å². The molecule has 0 amide bonds. The predicted octanol–water partition coefficient (Wildman–Crippen LogP) is 1.98. The number of rotatable bonds is 4. The molecular weight excluding hydrogens is 401 g/mol. The molecule has 1 aliphatic carbocycles. The Hall–Kier alpha value is -1.28. The third-order valence-electron chi connectivity index (χ3n) is 4.10. The second-order valence-corrected chi connectivity index (χ2v) is 5.60. The second kappa shape index (κ2) is 8.01. The van der Waals surface area contributed by atoms with Gasteiger partial charge in [-0.1, -0.05) is 0 Å². The quantitative estimate of drug-likeness (QED) is 0.735. The summed E-state index contributed by atoms with van der Waals surface area (Å²) in [6.07, 6.45) is 5.16. The van der Waals surface area contributed by atoms with Crippen molar-refractivity contribution in [1.82, 2.24) is 9.97 Å². The van der Waals surface area contributed by atoms with Crippen molar-refractivity contribution in [3.05, 3.63) is 18.3 Å². The minimum atomic E-state index is -0.155. The largest absolute Gasteiger partial charge is 0.493 e. The number of hydrogen-bond acceptors (Lipinski definition) is 6. The molecule has 1 aliphatic rings. The van der Waals surface area contributed by atoms with E-state index in [1.54, 1.807) is 20.4 Å². The van der Waals surface area contributed by atoms with E-state index >= 15 is 0 Å². The maximum Gasteiger partial charge on any atom is 0.163 e. The molecule has 0 aliphatic heterocycles. The van der Waals surface area contributed by atoms with Crippen LogP contribution in [0.3, 0.4) is 0 Å². The predicted molar refractivity (Wildman–Crippen MR) is 90.3 cm³/mol. The number of aliphatic hydroxyl groups is 1. The van der Waals surface area contributed by atoms with E-state index in [0.717, 1.165) is 42.5 Å². The second-order valence-electron chi connectivity index (χ2n) is 5.60. The van der Waals surface area contributed by atoms with Gasteiger partial charge in [0, 0.05) is 42.1 Å². The van der Waals surface area contributed by atoms with Crippen LogP contribution in [0.1, 0.15) is 25.7 Å². The SMILES string of the molecule is COc1cc2ncc(NC3CCC(O)CC3)nc2cc1OC.[Sn]. The third kappa shape index (κ3) is 4.17. The molecular formula is C16H21N3O3Sn. The van der Waals surface area contributed by atoms with Crippen molar-refractivity contribution < 1.29 is 14.6 Å². The van der Waals surface area contributed by atoms with Crippen LogP contribution in [0.5, 0.6) is 11.5 Å². The van der Waals surface area contributed by atoms with Gasteiger partial charge in [0.1, 0.15) is 5.82 Å². The van der Waals surface area contributed by atoms with Crippen molar-refractivity contribution in [2.75, 3.05) is 19.5 Å². The maximum atomic E-state index is 9.56. The number of hydrogen-bond donors (Lipinski definition) is 2. The number of fused-ring (bicyclic) bond motifs is 1. The van der Waals surface area contributed by atoms with Crippen LogP contribution in [-0.4, -0.2) is 65.3 Å². The summed E-state index contributed by atoms with van der Waals surface area (Å²) in [5, 5.41) is 13.0. The van der Waals surface area contributed by atoms with Crippen molar-refractivity contribution in [1.29, 1.82) is 0 Å². The van der Waals surface area contributed by atoms with E-state index < -0.39 is 0 Å². The topological polar surface area (TPSA) is 76.5 Å². The standard InChI is InChI=1S/C16H21N3O3.Sn/c1-21-14-7-12-13(8-15(14)22-2)19-16(9-17-12)18-10-3-5-11(20)6-4-10;/h7-11,20H,3-6H2,1-2H3,(H,18,19);. The molecule has 122 valence electrons. The molecule has 1 saturated carbocycles. The summed E-state index contributed by atoms with van der Waals surface area (Å²) >= 11 is 0. The molecule has 1 heterocycles. The first kappa shape index (κ1) is 18.1. The van der Waals surface area contributed by atoms with Crippen LogP contribution in [-0.2, 0) is 0 Å². The van der Waals surface area contributed by atoms with Crippen LogP contribution < -0.4 is 14.8 Å². The summed E-state index contributed by atoms with van der Waals surface area (Å²) in [4.78, 5) is 9.04. The van der Waals surface area contributed by atoms with Crippen molar-refractivity contribution in [2.24, 2.45) is 0 Å². The molecule has 2 N–H and O–H groups in total. The Balaban J connectivity index is 0.00000192. The molecule has 0 saturated heterocycles. The van der Waals surface area contributed by atoms with Gasteiger partial charge in [-0.15, -0.1) is 0 Å². The van der Waals surface area contributed by atoms with E-state index in [1.807, 2.05) is 12.1 Å². The first-order valence-corrected chi connectivity index (χ1v) is 7.53. The number of ether oxygens (including phenoxy) is 2. The monoisotopic (exact) mass is 423 g/mol. The number of anilines is 1. The molecule has 23 heavy (non-hydrogen) atoms. The van der Waals surface area contributed by atoms with Crippen molar-refractivity contribution in [3.8, 4) is 11.5 Å². The maximum absolute atomic E-state index is 9.56. The fourth-order valence-electron chi connectivity index (χ4n) is 2.84. The molecule has 2 aromatic rings. The van der Waals surface area contributed by atoms with E-state index in [-0.39, 0.29) is 30.0 Å². The first-order valence-electron chi connectivity index (χ1n) is 7.53. The molecule has 4 radical (unpaired) electrons. The van der Waals surface area contributed by atoms with Gasteiger partial charge in [0.15, 0.2) is 11.5 Å². The Kier molecular flexibility index (Phi) is 6.29. The molecule has 0 unspecified atom stereocenters. The number of methoxy groups -OCH3 is 2.